The molecule has 0 bridgehead atoms. The molecule has 2 amide bonds. The van der Waals surface area contributed by atoms with Crippen molar-refractivity contribution < 1.29 is 9.59 Å². The second kappa shape index (κ2) is 6.75. The van der Waals surface area contributed by atoms with Crippen LogP contribution in [-0.2, 0) is 4.79 Å². The zero-order valence-corrected chi connectivity index (χ0v) is 12.0. The number of hydrogen-bond donors (Lipinski definition) is 3. The van der Waals surface area contributed by atoms with Gasteiger partial charge in [-0.25, -0.2) is 5.84 Å². The second-order valence-corrected chi connectivity index (χ2v) is 5.17. The molecule has 0 aliphatic heterocycles. The Labute approximate surface area is 121 Å². The maximum atomic E-state index is 12.1. The highest BCUT2D eigenvalue weighted by molar-refractivity contribution is 6.36. The molecule has 0 unspecified atom stereocenters. The molecule has 1 aromatic rings. The summed E-state index contributed by atoms with van der Waals surface area (Å²) in [5, 5.41) is 3.24. The van der Waals surface area contributed by atoms with Crippen LogP contribution in [0, 0.1) is 5.92 Å². The van der Waals surface area contributed by atoms with Crippen molar-refractivity contribution in [2.75, 3.05) is 0 Å². The van der Waals surface area contributed by atoms with Gasteiger partial charge < -0.3 is 5.32 Å². The molecule has 0 heterocycles. The maximum Gasteiger partial charge on any atom is 0.256 e. The van der Waals surface area contributed by atoms with Gasteiger partial charge in [-0.3, -0.25) is 15.0 Å². The molecule has 5 nitrogen and oxygen atoms in total. The first-order chi connectivity index (χ1) is 8.86. The number of rotatable bonds is 4. The van der Waals surface area contributed by atoms with Gasteiger partial charge in [0.25, 0.3) is 11.8 Å². The average molecular weight is 304 g/mol. The van der Waals surface area contributed by atoms with E-state index in [9.17, 15) is 9.59 Å². The number of hydrogen-bond acceptors (Lipinski definition) is 3. The predicted molar refractivity (Wildman–Crippen MR) is 74.9 cm³/mol. The number of hydrazine groups is 1. The summed E-state index contributed by atoms with van der Waals surface area (Å²) in [4.78, 5) is 23.6. The van der Waals surface area contributed by atoms with Crippen molar-refractivity contribution >= 4 is 35.0 Å². The fourth-order valence-electron chi connectivity index (χ4n) is 1.52. The average Bonchev–Trinajstić information content (AvgIpc) is 2.34. The van der Waals surface area contributed by atoms with Crippen LogP contribution in [0.25, 0.3) is 0 Å². The molecule has 19 heavy (non-hydrogen) atoms. The Bertz CT molecular complexity index is 492. The predicted octanol–water partition coefficient (Wildman–Crippen LogP) is 1.74. The van der Waals surface area contributed by atoms with E-state index in [0.717, 1.165) is 0 Å². The third kappa shape index (κ3) is 4.09. The number of amides is 2. The van der Waals surface area contributed by atoms with E-state index in [-0.39, 0.29) is 16.5 Å². The Morgan fingerprint density at radius 1 is 1.26 bits per heavy atom. The standard InChI is InChI=1S/C12H15Cl2N3O2/c1-6(2)10(12(19)17-15)16-11(18)8-4-3-7(13)5-9(8)14/h3-6,10H,15H2,1-2H3,(H,16,18)(H,17,19)/t10-/m0/s1. The Kier molecular flexibility index (Phi) is 5.60. The topological polar surface area (TPSA) is 84.2 Å². The lowest BCUT2D eigenvalue weighted by atomic mass is 10.0. The van der Waals surface area contributed by atoms with Crippen molar-refractivity contribution in [3.05, 3.63) is 33.8 Å². The number of halogens is 2. The molecule has 1 aromatic carbocycles. The van der Waals surface area contributed by atoms with Crippen LogP contribution in [0.4, 0.5) is 0 Å². The van der Waals surface area contributed by atoms with Crippen molar-refractivity contribution in [1.29, 1.82) is 0 Å². The molecule has 1 atom stereocenters. The van der Waals surface area contributed by atoms with Gasteiger partial charge in [0, 0.05) is 5.02 Å². The third-order valence-corrected chi connectivity index (χ3v) is 3.10. The summed E-state index contributed by atoms with van der Waals surface area (Å²) in [6, 6.07) is 3.78. The molecule has 1 rings (SSSR count). The van der Waals surface area contributed by atoms with Crippen molar-refractivity contribution in [3.8, 4) is 0 Å². The zero-order chi connectivity index (χ0) is 14.6. The van der Waals surface area contributed by atoms with Crippen LogP contribution in [0.2, 0.25) is 10.0 Å². The SMILES string of the molecule is CC(C)[C@H](NC(=O)c1ccc(Cl)cc1Cl)C(=O)NN. The van der Waals surface area contributed by atoms with E-state index in [4.69, 9.17) is 29.0 Å². The Balaban J connectivity index is 2.91. The molecule has 0 aromatic heterocycles. The largest absolute Gasteiger partial charge is 0.340 e. The van der Waals surface area contributed by atoms with E-state index in [0.29, 0.717) is 5.02 Å². The molecule has 0 saturated carbocycles. The van der Waals surface area contributed by atoms with Gasteiger partial charge >= 0.3 is 0 Å². The highest BCUT2D eigenvalue weighted by atomic mass is 35.5. The van der Waals surface area contributed by atoms with Crippen LogP contribution in [-0.4, -0.2) is 17.9 Å². The Morgan fingerprint density at radius 3 is 2.37 bits per heavy atom. The van der Waals surface area contributed by atoms with Crippen molar-refractivity contribution in [3.63, 3.8) is 0 Å². The minimum Gasteiger partial charge on any atom is -0.340 e. The van der Waals surface area contributed by atoms with E-state index in [1.165, 1.54) is 12.1 Å². The molecular formula is C12H15Cl2N3O2. The third-order valence-electron chi connectivity index (χ3n) is 2.55. The molecular weight excluding hydrogens is 289 g/mol. The van der Waals surface area contributed by atoms with Gasteiger partial charge in [-0.1, -0.05) is 37.0 Å². The molecule has 0 aliphatic carbocycles. The van der Waals surface area contributed by atoms with Crippen molar-refractivity contribution in [2.24, 2.45) is 11.8 Å². The quantitative estimate of drug-likeness (QED) is 0.450. The summed E-state index contributed by atoms with van der Waals surface area (Å²) in [5.41, 5.74) is 2.27. The van der Waals surface area contributed by atoms with Gasteiger partial charge in [-0.15, -0.1) is 0 Å². The lowest BCUT2D eigenvalue weighted by Gasteiger charge is -2.20. The van der Waals surface area contributed by atoms with Gasteiger partial charge in [0.15, 0.2) is 0 Å². The molecule has 4 N–H and O–H groups in total. The smallest absolute Gasteiger partial charge is 0.256 e. The summed E-state index contributed by atoms with van der Waals surface area (Å²) in [5.74, 6) is 4.05. The second-order valence-electron chi connectivity index (χ2n) is 4.33. The lowest BCUT2D eigenvalue weighted by molar-refractivity contribution is -0.124. The van der Waals surface area contributed by atoms with Crippen LogP contribution >= 0.6 is 23.2 Å². The minimum atomic E-state index is -0.732. The summed E-state index contributed by atoms with van der Waals surface area (Å²) in [6.45, 7) is 3.59. The first-order valence-electron chi connectivity index (χ1n) is 5.63. The highest BCUT2D eigenvalue weighted by Gasteiger charge is 2.24. The van der Waals surface area contributed by atoms with Crippen LogP contribution in [0.5, 0.6) is 0 Å². The summed E-state index contributed by atoms with van der Waals surface area (Å²) in [6.07, 6.45) is 0. The van der Waals surface area contributed by atoms with E-state index in [2.05, 4.69) is 5.32 Å². The normalized spacial score (nSPS) is 12.1. The number of nitrogens with two attached hydrogens (primary N) is 1. The zero-order valence-electron chi connectivity index (χ0n) is 10.5. The fourth-order valence-corrected chi connectivity index (χ4v) is 2.01. The highest BCUT2D eigenvalue weighted by Crippen LogP contribution is 2.21. The molecule has 0 radical (unpaired) electrons. The van der Waals surface area contributed by atoms with Crippen LogP contribution in [0.3, 0.4) is 0 Å². The summed E-state index contributed by atoms with van der Waals surface area (Å²) < 4.78 is 0. The Hall–Kier alpha value is -1.30. The van der Waals surface area contributed by atoms with Gasteiger partial charge in [0.05, 0.1) is 10.6 Å². The molecule has 0 aliphatic rings. The monoisotopic (exact) mass is 303 g/mol. The molecule has 0 saturated heterocycles. The summed E-state index contributed by atoms with van der Waals surface area (Å²) in [7, 11) is 0. The van der Waals surface area contributed by atoms with Gasteiger partial charge in [-0.05, 0) is 24.1 Å². The maximum absolute atomic E-state index is 12.1. The molecule has 104 valence electrons. The van der Waals surface area contributed by atoms with Crippen molar-refractivity contribution in [1.82, 2.24) is 10.7 Å². The van der Waals surface area contributed by atoms with E-state index in [1.54, 1.807) is 19.9 Å². The fraction of sp³-hybridized carbons (Fsp3) is 0.333. The van der Waals surface area contributed by atoms with Crippen LogP contribution < -0.4 is 16.6 Å². The number of carbonyl (C=O) groups excluding carboxylic acids is 2. The van der Waals surface area contributed by atoms with Gasteiger partial charge in [0.2, 0.25) is 0 Å². The number of carbonyl (C=O) groups is 2. The van der Waals surface area contributed by atoms with Crippen LogP contribution in [0.1, 0.15) is 24.2 Å². The van der Waals surface area contributed by atoms with E-state index < -0.39 is 17.9 Å². The van der Waals surface area contributed by atoms with Gasteiger partial charge in [-0.2, -0.15) is 0 Å². The number of nitrogens with one attached hydrogen (secondary N) is 2. The number of benzene rings is 1. The molecule has 0 fully saturated rings. The Morgan fingerprint density at radius 2 is 1.89 bits per heavy atom. The van der Waals surface area contributed by atoms with E-state index >= 15 is 0 Å². The van der Waals surface area contributed by atoms with Crippen molar-refractivity contribution in [2.45, 2.75) is 19.9 Å². The first-order valence-corrected chi connectivity index (χ1v) is 6.38. The lowest BCUT2D eigenvalue weighted by Crippen LogP contribution is -2.51. The molecule has 7 heteroatoms. The van der Waals surface area contributed by atoms with Gasteiger partial charge in [0.1, 0.15) is 6.04 Å². The summed E-state index contributed by atoms with van der Waals surface area (Å²) >= 11 is 11.7. The molecule has 0 spiro atoms. The van der Waals surface area contributed by atoms with E-state index in [1.807, 2.05) is 5.43 Å². The first kappa shape index (κ1) is 15.8. The van der Waals surface area contributed by atoms with Crippen LogP contribution in [0.15, 0.2) is 18.2 Å². The minimum absolute atomic E-state index is 0.112.